The van der Waals surface area contributed by atoms with Gasteiger partial charge in [-0.1, -0.05) is 74.4 Å². The van der Waals surface area contributed by atoms with Crippen molar-refractivity contribution in [2.24, 2.45) is 0 Å². The van der Waals surface area contributed by atoms with Crippen LogP contribution in [0.3, 0.4) is 0 Å². The molecular formula is C36H70O5S2Si3. The van der Waals surface area contributed by atoms with E-state index in [1.54, 1.807) is 7.11 Å². The number of hydrogen-bond donors (Lipinski definition) is 0. The van der Waals surface area contributed by atoms with Crippen LogP contribution in [0.4, 0.5) is 0 Å². The Morgan fingerprint density at radius 2 is 1.11 bits per heavy atom. The number of hydrogen-bond acceptors (Lipinski definition) is 7. The zero-order valence-electron chi connectivity index (χ0n) is 32.5. The molecule has 0 saturated carbocycles. The van der Waals surface area contributed by atoms with Gasteiger partial charge in [0.05, 0.1) is 43.2 Å². The predicted molar refractivity (Wildman–Crippen MR) is 211 cm³/mol. The lowest BCUT2D eigenvalue weighted by Crippen LogP contribution is -2.50. The van der Waals surface area contributed by atoms with Crippen molar-refractivity contribution in [1.82, 2.24) is 0 Å². The highest BCUT2D eigenvalue weighted by Crippen LogP contribution is 2.51. The molecule has 0 bridgehead atoms. The smallest absolute Gasteiger partial charge is 0.192 e. The minimum Gasteiger partial charge on any atom is -0.497 e. The first-order valence-corrected chi connectivity index (χ1v) is 28.0. The van der Waals surface area contributed by atoms with Gasteiger partial charge in [-0.3, -0.25) is 0 Å². The molecule has 0 N–H and O–H groups in total. The SMILES string of the molecule is COc1ccc(COC[C@@H](CC2(C[C@@H](CO[Si](C)(C)C(C)(C)C)O[Si](C)(C)C(C)(C)C)SCCCS2)O[Si](C)(C)C(C)(C)C)cc1. The molecule has 1 aromatic carbocycles. The lowest BCUT2D eigenvalue weighted by molar-refractivity contribution is 0.0257. The van der Waals surface area contributed by atoms with Gasteiger partial charge in [0, 0.05) is 0 Å². The van der Waals surface area contributed by atoms with E-state index in [-0.39, 0.29) is 31.4 Å². The molecule has 1 saturated heterocycles. The van der Waals surface area contributed by atoms with Crippen molar-refractivity contribution < 1.29 is 22.8 Å². The zero-order valence-corrected chi connectivity index (χ0v) is 37.1. The summed E-state index contributed by atoms with van der Waals surface area (Å²) in [4.78, 5) is 0. The Hall–Kier alpha value is 0.211. The molecule has 1 fully saturated rings. The lowest BCUT2D eigenvalue weighted by atomic mass is 10.1. The van der Waals surface area contributed by atoms with E-state index in [9.17, 15) is 0 Å². The molecule has 0 aromatic heterocycles. The average molecular weight is 731 g/mol. The minimum absolute atomic E-state index is 0.00655. The summed E-state index contributed by atoms with van der Waals surface area (Å²) in [5.74, 6) is 3.20. The summed E-state index contributed by atoms with van der Waals surface area (Å²) >= 11 is 4.25. The van der Waals surface area contributed by atoms with Gasteiger partial charge in [0.1, 0.15) is 5.75 Å². The molecule has 1 aliphatic heterocycles. The van der Waals surface area contributed by atoms with Crippen molar-refractivity contribution in [3.8, 4) is 5.75 Å². The topological polar surface area (TPSA) is 46.2 Å². The number of benzene rings is 1. The van der Waals surface area contributed by atoms with Crippen LogP contribution in [0.25, 0.3) is 0 Å². The highest BCUT2D eigenvalue weighted by Gasteiger charge is 2.47. The third-order valence-corrected chi connectivity index (χ3v) is 27.8. The second-order valence-electron chi connectivity index (χ2n) is 17.8. The van der Waals surface area contributed by atoms with Crippen molar-refractivity contribution in [3.05, 3.63) is 29.8 Å². The molecule has 5 nitrogen and oxygen atoms in total. The summed E-state index contributed by atoms with van der Waals surface area (Å²) in [7, 11) is -4.33. The van der Waals surface area contributed by atoms with Crippen molar-refractivity contribution in [3.63, 3.8) is 0 Å². The van der Waals surface area contributed by atoms with E-state index in [1.165, 1.54) is 17.9 Å². The molecule has 10 heteroatoms. The normalized spacial score (nSPS) is 18.3. The molecular weight excluding hydrogens is 661 g/mol. The van der Waals surface area contributed by atoms with E-state index in [0.717, 1.165) is 24.2 Å². The van der Waals surface area contributed by atoms with Gasteiger partial charge < -0.3 is 22.8 Å². The van der Waals surface area contributed by atoms with Crippen molar-refractivity contribution in [1.29, 1.82) is 0 Å². The Balaban J connectivity index is 2.40. The fourth-order valence-electron chi connectivity index (χ4n) is 4.63. The summed E-state index contributed by atoms with van der Waals surface area (Å²) in [6.07, 6.45) is 3.19. The summed E-state index contributed by atoms with van der Waals surface area (Å²) < 4.78 is 33.2. The predicted octanol–water partition coefficient (Wildman–Crippen LogP) is 11.4. The van der Waals surface area contributed by atoms with Gasteiger partial charge in [-0.15, -0.1) is 23.5 Å². The molecule has 2 atom stereocenters. The monoisotopic (exact) mass is 730 g/mol. The van der Waals surface area contributed by atoms with Gasteiger partial charge in [-0.05, 0) is 103 Å². The minimum atomic E-state index is -2.05. The van der Waals surface area contributed by atoms with Gasteiger partial charge in [0.25, 0.3) is 0 Å². The second-order valence-corrected chi connectivity index (χ2v) is 35.3. The van der Waals surface area contributed by atoms with Crippen LogP contribution in [-0.4, -0.2) is 73.1 Å². The molecule has 1 aromatic rings. The number of rotatable bonds is 16. The van der Waals surface area contributed by atoms with Crippen molar-refractivity contribution >= 4 is 48.5 Å². The van der Waals surface area contributed by atoms with E-state index in [1.807, 2.05) is 12.1 Å². The van der Waals surface area contributed by atoms with E-state index >= 15 is 0 Å². The lowest BCUT2D eigenvalue weighted by Gasteiger charge is -2.46. The molecule has 268 valence electrons. The highest BCUT2D eigenvalue weighted by molar-refractivity contribution is 8.18. The quantitative estimate of drug-likeness (QED) is 0.157. The second kappa shape index (κ2) is 16.5. The zero-order chi connectivity index (χ0) is 35.2. The van der Waals surface area contributed by atoms with Crippen LogP contribution in [0.1, 0.15) is 87.1 Å². The average Bonchev–Trinajstić information content (AvgIpc) is 2.90. The van der Waals surface area contributed by atoms with E-state index in [2.05, 4.69) is 137 Å². The van der Waals surface area contributed by atoms with E-state index in [0.29, 0.717) is 19.8 Å². The van der Waals surface area contributed by atoms with Crippen LogP contribution in [0.5, 0.6) is 5.75 Å². The van der Waals surface area contributed by atoms with Crippen molar-refractivity contribution in [2.75, 3.05) is 31.8 Å². The van der Waals surface area contributed by atoms with Crippen molar-refractivity contribution in [2.45, 2.75) is 159 Å². The molecule has 0 radical (unpaired) electrons. The molecule has 0 amide bonds. The Kier molecular flexibility index (Phi) is 15.2. The van der Waals surface area contributed by atoms with Gasteiger partial charge in [0.15, 0.2) is 25.0 Å². The third-order valence-electron chi connectivity index (χ3n) is 10.8. The Labute approximate surface area is 296 Å². The molecule has 46 heavy (non-hydrogen) atoms. The number of ether oxygens (including phenoxy) is 2. The summed E-state index contributed by atoms with van der Waals surface area (Å²) in [5.41, 5.74) is 1.15. The van der Waals surface area contributed by atoms with Crippen LogP contribution in [-0.2, 0) is 24.6 Å². The van der Waals surface area contributed by atoms with Gasteiger partial charge >= 0.3 is 0 Å². The fourth-order valence-corrected chi connectivity index (χ4v) is 11.9. The maximum atomic E-state index is 7.27. The first-order valence-electron chi connectivity index (χ1n) is 17.3. The Bertz CT molecular complexity index is 1050. The van der Waals surface area contributed by atoms with E-state index < -0.39 is 25.0 Å². The van der Waals surface area contributed by atoms with Crippen LogP contribution in [0, 0.1) is 0 Å². The van der Waals surface area contributed by atoms with Crippen LogP contribution >= 0.6 is 23.5 Å². The number of thioether (sulfide) groups is 2. The molecule has 1 heterocycles. The Morgan fingerprint density at radius 3 is 1.52 bits per heavy atom. The summed E-state index contributed by atoms with van der Waals surface area (Å²) in [6.45, 7) is 37.0. The van der Waals surface area contributed by atoms with Gasteiger partial charge in [-0.25, -0.2) is 0 Å². The molecule has 0 aliphatic carbocycles. The van der Waals surface area contributed by atoms with Crippen LogP contribution in [0.15, 0.2) is 24.3 Å². The van der Waals surface area contributed by atoms with Crippen LogP contribution in [0.2, 0.25) is 54.4 Å². The maximum absolute atomic E-state index is 7.27. The third kappa shape index (κ3) is 12.5. The highest BCUT2D eigenvalue weighted by atomic mass is 32.2. The summed E-state index contributed by atoms with van der Waals surface area (Å²) in [6, 6.07) is 8.17. The van der Waals surface area contributed by atoms with Crippen LogP contribution < -0.4 is 4.74 Å². The molecule has 0 spiro atoms. The first kappa shape index (κ1) is 42.4. The summed E-state index contributed by atoms with van der Waals surface area (Å²) in [5, 5.41) is 0.404. The molecule has 2 rings (SSSR count). The van der Waals surface area contributed by atoms with Gasteiger partial charge in [-0.2, -0.15) is 0 Å². The Morgan fingerprint density at radius 1 is 0.674 bits per heavy atom. The maximum Gasteiger partial charge on any atom is 0.192 e. The molecule has 1 aliphatic rings. The van der Waals surface area contributed by atoms with Gasteiger partial charge in [0.2, 0.25) is 0 Å². The van der Waals surface area contributed by atoms with E-state index in [4.69, 9.17) is 22.8 Å². The largest absolute Gasteiger partial charge is 0.497 e. The fraction of sp³-hybridized carbons (Fsp3) is 0.833. The first-order chi connectivity index (χ1) is 20.8. The number of methoxy groups -OCH3 is 1. The standard InChI is InChI=1S/C36H70O5S2Si3/c1-33(2,3)44(11,12)39-28-32(41-46(15,16)35(7,8)9)25-36(42-22-17-23-43-36)24-31(40-45(13,14)34(4,5)6)27-38-26-29-18-20-30(37-10)21-19-29/h18-21,31-32H,17,22-28H2,1-16H3/t31-,32+/m1/s1. The molecule has 0 unspecified atom stereocenters.